The Bertz CT molecular complexity index is 787. The number of piperidine rings is 2. The number of carbonyl (C=O) groups excluding carboxylic acids is 1. The van der Waals surface area contributed by atoms with Gasteiger partial charge in [0, 0.05) is 49.6 Å². The first-order valence-corrected chi connectivity index (χ1v) is 12.0. The van der Waals surface area contributed by atoms with Crippen molar-refractivity contribution in [3.63, 3.8) is 0 Å². The van der Waals surface area contributed by atoms with Crippen molar-refractivity contribution in [2.75, 3.05) is 31.6 Å². The van der Waals surface area contributed by atoms with E-state index in [-0.39, 0.29) is 5.75 Å². The number of likely N-dealkylation sites (tertiary alicyclic amines) is 2. The quantitative estimate of drug-likeness (QED) is 0.729. The first kappa shape index (κ1) is 20.3. The molecule has 0 radical (unpaired) electrons. The highest BCUT2D eigenvalue weighted by molar-refractivity contribution is 7.90. The Hall–Kier alpha value is -1.41. The van der Waals surface area contributed by atoms with Crippen molar-refractivity contribution < 1.29 is 13.2 Å². The highest BCUT2D eigenvalue weighted by atomic mass is 32.2. The summed E-state index contributed by atoms with van der Waals surface area (Å²) < 4.78 is 24.7. The molecule has 3 rings (SSSR count). The van der Waals surface area contributed by atoms with Crippen molar-refractivity contribution in [1.82, 2.24) is 19.6 Å². The van der Waals surface area contributed by atoms with Crippen molar-refractivity contribution in [3.05, 3.63) is 17.0 Å². The Labute approximate surface area is 162 Å². The molecule has 0 bridgehead atoms. The molecule has 2 fully saturated rings. The summed E-state index contributed by atoms with van der Waals surface area (Å²) in [6.45, 7) is 8.08. The lowest BCUT2D eigenvalue weighted by Crippen LogP contribution is -2.51. The lowest BCUT2D eigenvalue weighted by molar-refractivity contribution is -0.137. The van der Waals surface area contributed by atoms with Crippen LogP contribution in [0.2, 0.25) is 0 Å². The average Bonchev–Trinajstić information content (AvgIpc) is 2.88. The van der Waals surface area contributed by atoms with Gasteiger partial charge in [-0.05, 0) is 46.1 Å². The van der Waals surface area contributed by atoms with Crippen LogP contribution in [0.15, 0.2) is 0 Å². The van der Waals surface area contributed by atoms with Gasteiger partial charge >= 0.3 is 0 Å². The Morgan fingerprint density at radius 2 is 1.93 bits per heavy atom. The molecule has 2 saturated heterocycles. The highest BCUT2D eigenvalue weighted by Crippen LogP contribution is 2.24. The summed E-state index contributed by atoms with van der Waals surface area (Å²) in [5.74, 6) is 0.422. The summed E-state index contributed by atoms with van der Waals surface area (Å²) in [4.78, 5) is 16.8. The van der Waals surface area contributed by atoms with Gasteiger partial charge in [0.05, 0.1) is 18.0 Å². The van der Waals surface area contributed by atoms with E-state index in [4.69, 9.17) is 0 Å². The van der Waals surface area contributed by atoms with E-state index in [0.29, 0.717) is 24.9 Å². The Morgan fingerprint density at radius 3 is 2.63 bits per heavy atom. The fraction of sp³-hybridized carbons (Fsp3) is 0.789. The number of aryl methyl sites for hydroxylation is 2. The fourth-order valence-electron chi connectivity index (χ4n) is 4.30. The predicted octanol–water partition coefficient (Wildman–Crippen LogP) is 1.52. The minimum absolute atomic E-state index is 0.108. The van der Waals surface area contributed by atoms with E-state index in [1.54, 1.807) is 0 Å². The third-order valence-electron chi connectivity index (χ3n) is 5.87. The number of carbonyl (C=O) groups is 1. The molecular weight excluding hydrogens is 364 g/mol. The minimum atomic E-state index is -3.00. The van der Waals surface area contributed by atoms with E-state index in [1.807, 2.05) is 18.5 Å². The van der Waals surface area contributed by atoms with E-state index < -0.39 is 9.84 Å². The molecule has 8 heteroatoms. The molecular formula is C19H32N4O3S. The van der Waals surface area contributed by atoms with Gasteiger partial charge in [-0.3, -0.25) is 14.4 Å². The van der Waals surface area contributed by atoms with Crippen LogP contribution in [0.4, 0.5) is 0 Å². The Balaban J connectivity index is 1.66. The van der Waals surface area contributed by atoms with Gasteiger partial charge in [-0.25, -0.2) is 8.42 Å². The molecule has 27 heavy (non-hydrogen) atoms. The third-order valence-corrected chi connectivity index (χ3v) is 6.79. The van der Waals surface area contributed by atoms with Crippen LogP contribution in [0.3, 0.4) is 0 Å². The van der Waals surface area contributed by atoms with Crippen LogP contribution >= 0.6 is 0 Å². The summed E-state index contributed by atoms with van der Waals surface area (Å²) in [6, 6.07) is 0.326. The van der Waals surface area contributed by atoms with Gasteiger partial charge in [0.15, 0.2) is 0 Å². The predicted molar refractivity (Wildman–Crippen MR) is 105 cm³/mol. The molecule has 1 aromatic heterocycles. The van der Waals surface area contributed by atoms with Gasteiger partial charge < -0.3 is 4.90 Å². The van der Waals surface area contributed by atoms with E-state index in [2.05, 4.69) is 14.9 Å². The van der Waals surface area contributed by atoms with E-state index in [9.17, 15) is 13.2 Å². The normalized spacial score (nSPS) is 22.4. The number of hydrogen-bond donors (Lipinski definition) is 0. The van der Waals surface area contributed by atoms with Crippen LogP contribution in [0, 0.1) is 13.8 Å². The van der Waals surface area contributed by atoms with E-state index in [1.165, 1.54) is 11.8 Å². The van der Waals surface area contributed by atoms with Crippen LogP contribution in [0.5, 0.6) is 0 Å². The maximum atomic E-state index is 12.3. The smallest absolute Gasteiger partial charge is 0.222 e. The standard InChI is InChI=1S/C19H32N4O3S/c1-15-18(16(2)23(20-15)11-12-27(3,25)26)14-21-9-6-7-17(13-21)22-10-5-4-8-19(22)24/h17H,4-14H2,1-3H3. The molecule has 1 aromatic rings. The zero-order chi connectivity index (χ0) is 19.6. The van der Waals surface area contributed by atoms with Crippen molar-refractivity contribution in [3.8, 4) is 0 Å². The summed E-state index contributed by atoms with van der Waals surface area (Å²) in [7, 11) is -3.00. The van der Waals surface area contributed by atoms with Crippen molar-refractivity contribution >= 4 is 15.7 Å². The van der Waals surface area contributed by atoms with Crippen molar-refractivity contribution in [1.29, 1.82) is 0 Å². The monoisotopic (exact) mass is 396 g/mol. The molecule has 2 aliphatic heterocycles. The van der Waals surface area contributed by atoms with Gasteiger partial charge in [0.25, 0.3) is 0 Å². The molecule has 0 aliphatic carbocycles. The number of rotatable bonds is 6. The topological polar surface area (TPSA) is 75.5 Å². The Kier molecular flexibility index (Phi) is 6.25. The SMILES string of the molecule is Cc1nn(CCS(C)(=O)=O)c(C)c1CN1CCCC(N2CCCCC2=O)C1. The van der Waals surface area contributed by atoms with Gasteiger partial charge in [-0.1, -0.05) is 0 Å². The highest BCUT2D eigenvalue weighted by Gasteiger charge is 2.30. The van der Waals surface area contributed by atoms with Crippen LogP contribution in [0.1, 0.15) is 49.1 Å². The zero-order valence-corrected chi connectivity index (χ0v) is 17.6. The molecule has 0 saturated carbocycles. The number of hydrogen-bond acceptors (Lipinski definition) is 5. The molecule has 2 aliphatic rings. The number of aromatic nitrogens is 2. The third kappa shape index (κ3) is 5.10. The fourth-order valence-corrected chi connectivity index (χ4v) is 4.80. The van der Waals surface area contributed by atoms with Crippen LogP contribution < -0.4 is 0 Å². The number of amides is 1. The van der Waals surface area contributed by atoms with Crippen molar-refractivity contribution in [2.24, 2.45) is 0 Å². The molecule has 7 nitrogen and oxygen atoms in total. The van der Waals surface area contributed by atoms with Gasteiger partial charge in [0.1, 0.15) is 9.84 Å². The second-order valence-corrected chi connectivity index (χ2v) is 10.3. The van der Waals surface area contributed by atoms with Gasteiger partial charge in [-0.15, -0.1) is 0 Å². The lowest BCUT2D eigenvalue weighted by Gasteiger charge is -2.41. The zero-order valence-electron chi connectivity index (χ0n) is 16.8. The summed E-state index contributed by atoms with van der Waals surface area (Å²) in [6.07, 6.45) is 6.30. The molecule has 0 aromatic carbocycles. The molecule has 0 spiro atoms. The second-order valence-electron chi connectivity index (χ2n) is 8.08. The Morgan fingerprint density at radius 1 is 1.15 bits per heavy atom. The first-order chi connectivity index (χ1) is 12.7. The van der Waals surface area contributed by atoms with Gasteiger partial charge in [0.2, 0.25) is 5.91 Å². The van der Waals surface area contributed by atoms with E-state index in [0.717, 1.165) is 63.3 Å². The average molecular weight is 397 g/mol. The second kappa shape index (κ2) is 8.31. The first-order valence-electron chi connectivity index (χ1n) is 9.97. The molecule has 3 heterocycles. The van der Waals surface area contributed by atoms with E-state index >= 15 is 0 Å². The molecule has 152 valence electrons. The molecule has 1 amide bonds. The van der Waals surface area contributed by atoms with Crippen LogP contribution in [0.25, 0.3) is 0 Å². The molecule has 1 unspecified atom stereocenters. The minimum Gasteiger partial charge on any atom is -0.338 e. The van der Waals surface area contributed by atoms with Crippen molar-refractivity contribution in [2.45, 2.75) is 65.1 Å². The maximum absolute atomic E-state index is 12.3. The van der Waals surface area contributed by atoms with Gasteiger partial charge in [-0.2, -0.15) is 5.10 Å². The summed E-state index contributed by atoms with van der Waals surface area (Å²) in [5.41, 5.74) is 3.21. The van der Waals surface area contributed by atoms with Crippen LogP contribution in [-0.2, 0) is 27.7 Å². The molecule has 0 N–H and O–H groups in total. The summed E-state index contributed by atoms with van der Waals surface area (Å²) in [5, 5.41) is 4.56. The number of nitrogens with zero attached hydrogens (tertiary/aromatic N) is 4. The summed E-state index contributed by atoms with van der Waals surface area (Å²) >= 11 is 0. The largest absolute Gasteiger partial charge is 0.338 e. The lowest BCUT2D eigenvalue weighted by atomic mass is 9.99. The maximum Gasteiger partial charge on any atom is 0.222 e. The molecule has 1 atom stereocenters. The van der Waals surface area contributed by atoms with Crippen LogP contribution in [-0.4, -0.2) is 71.6 Å². The number of sulfone groups is 1.